The van der Waals surface area contributed by atoms with Crippen molar-refractivity contribution in [2.45, 2.75) is 32.7 Å². The maximum atomic E-state index is 6.00. The standard InChI is InChI=1S/C8H15N3S/c1-3-4-6(2)8(9)7-5-10-11-12-7/h5-6,8H,3-4,9H2,1-2H3. The highest BCUT2D eigenvalue weighted by molar-refractivity contribution is 7.05. The minimum absolute atomic E-state index is 0.116. The van der Waals surface area contributed by atoms with E-state index in [0.29, 0.717) is 5.92 Å². The maximum Gasteiger partial charge on any atom is 0.0669 e. The smallest absolute Gasteiger partial charge is 0.0669 e. The minimum Gasteiger partial charge on any atom is -0.323 e. The second-order valence-corrected chi connectivity index (χ2v) is 3.93. The SMILES string of the molecule is CCCC(C)C(N)c1cnns1. The molecule has 2 unspecified atom stereocenters. The highest BCUT2D eigenvalue weighted by Gasteiger charge is 2.15. The lowest BCUT2D eigenvalue weighted by atomic mass is 9.97. The third-order valence-electron chi connectivity index (χ3n) is 2.06. The van der Waals surface area contributed by atoms with E-state index in [0.717, 1.165) is 4.88 Å². The summed E-state index contributed by atoms with van der Waals surface area (Å²) >= 11 is 1.40. The summed E-state index contributed by atoms with van der Waals surface area (Å²) in [6, 6.07) is 0.116. The zero-order valence-corrected chi connectivity index (χ0v) is 8.34. The third kappa shape index (κ3) is 2.25. The molecule has 68 valence electrons. The number of hydrogen-bond acceptors (Lipinski definition) is 4. The molecule has 0 saturated carbocycles. The number of nitrogens with two attached hydrogens (primary N) is 1. The number of nitrogens with zero attached hydrogens (tertiary/aromatic N) is 2. The molecule has 0 amide bonds. The van der Waals surface area contributed by atoms with Crippen LogP contribution in [-0.2, 0) is 0 Å². The van der Waals surface area contributed by atoms with E-state index < -0.39 is 0 Å². The molecular formula is C8H15N3S. The second kappa shape index (κ2) is 4.52. The Morgan fingerprint density at radius 3 is 2.92 bits per heavy atom. The van der Waals surface area contributed by atoms with Crippen LogP contribution in [0.3, 0.4) is 0 Å². The molecule has 4 heteroatoms. The van der Waals surface area contributed by atoms with Gasteiger partial charge in [-0.2, -0.15) is 0 Å². The van der Waals surface area contributed by atoms with E-state index in [4.69, 9.17) is 5.73 Å². The summed E-state index contributed by atoms with van der Waals surface area (Å²) in [6.07, 6.45) is 4.11. The van der Waals surface area contributed by atoms with E-state index in [-0.39, 0.29) is 6.04 Å². The molecule has 2 N–H and O–H groups in total. The summed E-state index contributed by atoms with van der Waals surface area (Å²) in [5.41, 5.74) is 6.00. The molecule has 1 aromatic heterocycles. The van der Waals surface area contributed by atoms with Crippen molar-refractivity contribution >= 4 is 11.5 Å². The summed E-state index contributed by atoms with van der Waals surface area (Å²) in [5, 5.41) is 3.77. The van der Waals surface area contributed by atoms with Crippen molar-refractivity contribution < 1.29 is 0 Å². The lowest BCUT2D eigenvalue weighted by molar-refractivity contribution is 0.438. The van der Waals surface area contributed by atoms with Crippen molar-refractivity contribution in [3.05, 3.63) is 11.1 Å². The van der Waals surface area contributed by atoms with Crippen LogP contribution in [0.25, 0.3) is 0 Å². The van der Waals surface area contributed by atoms with Gasteiger partial charge in [0.25, 0.3) is 0 Å². The predicted octanol–water partition coefficient (Wildman–Crippen LogP) is 1.97. The Morgan fingerprint density at radius 1 is 1.67 bits per heavy atom. The van der Waals surface area contributed by atoms with Crippen molar-refractivity contribution in [2.75, 3.05) is 0 Å². The van der Waals surface area contributed by atoms with Crippen molar-refractivity contribution in [1.82, 2.24) is 9.59 Å². The molecule has 0 aliphatic carbocycles. The largest absolute Gasteiger partial charge is 0.323 e. The Morgan fingerprint density at radius 2 is 2.42 bits per heavy atom. The van der Waals surface area contributed by atoms with Gasteiger partial charge in [0.2, 0.25) is 0 Å². The quantitative estimate of drug-likeness (QED) is 0.780. The molecular weight excluding hydrogens is 170 g/mol. The van der Waals surface area contributed by atoms with Crippen LogP contribution < -0.4 is 5.73 Å². The molecule has 0 bridgehead atoms. The molecule has 1 heterocycles. The van der Waals surface area contributed by atoms with Gasteiger partial charge in [-0.1, -0.05) is 24.8 Å². The van der Waals surface area contributed by atoms with E-state index in [9.17, 15) is 0 Å². The molecule has 3 nitrogen and oxygen atoms in total. The van der Waals surface area contributed by atoms with Gasteiger partial charge in [0.1, 0.15) is 0 Å². The van der Waals surface area contributed by atoms with Crippen LogP contribution >= 0.6 is 11.5 Å². The fraction of sp³-hybridized carbons (Fsp3) is 0.750. The first kappa shape index (κ1) is 9.61. The Hall–Kier alpha value is -0.480. The van der Waals surface area contributed by atoms with E-state index in [1.54, 1.807) is 6.20 Å². The van der Waals surface area contributed by atoms with Crippen LogP contribution in [0.1, 0.15) is 37.6 Å². The van der Waals surface area contributed by atoms with Gasteiger partial charge in [-0.05, 0) is 23.9 Å². The average molecular weight is 185 g/mol. The van der Waals surface area contributed by atoms with Gasteiger partial charge >= 0.3 is 0 Å². The first-order valence-electron chi connectivity index (χ1n) is 4.28. The average Bonchev–Trinajstić information content (AvgIpc) is 2.55. The molecule has 0 radical (unpaired) electrons. The molecule has 0 aliphatic rings. The molecule has 0 fully saturated rings. The van der Waals surface area contributed by atoms with Gasteiger partial charge in [0.15, 0.2) is 0 Å². The van der Waals surface area contributed by atoms with Gasteiger partial charge in [-0.25, -0.2) is 0 Å². The minimum atomic E-state index is 0.116. The lowest BCUT2D eigenvalue weighted by Gasteiger charge is -2.16. The third-order valence-corrected chi connectivity index (χ3v) is 2.83. The fourth-order valence-electron chi connectivity index (χ4n) is 1.24. The zero-order valence-electron chi connectivity index (χ0n) is 7.53. The predicted molar refractivity (Wildman–Crippen MR) is 50.9 cm³/mol. The molecule has 2 atom stereocenters. The Balaban J connectivity index is 2.53. The molecule has 1 aromatic rings. The maximum absolute atomic E-state index is 6.00. The van der Waals surface area contributed by atoms with E-state index in [1.165, 1.54) is 24.4 Å². The first-order chi connectivity index (χ1) is 5.75. The second-order valence-electron chi connectivity index (χ2n) is 3.11. The van der Waals surface area contributed by atoms with Gasteiger partial charge in [0.05, 0.1) is 11.1 Å². The monoisotopic (exact) mass is 185 g/mol. The van der Waals surface area contributed by atoms with Gasteiger partial charge < -0.3 is 5.73 Å². The molecule has 12 heavy (non-hydrogen) atoms. The highest BCUT2D eigenvalue weighted by Crippen LogP contribution is 2.24. The van der Waals surface area contributed by atoms with Gasteiger partial charge in [-0.3, -0.25) is 0 Å². The van der Waals surface area contributed by atoms with E-state index in [1.807, 2.05) is 0 Å². The summed E-state index contributed by atoms with van der Waals surface area (Å²) < 4.78 is 3.80. The highest BCUT2D eigenvalue weighted by atomic mass is 32.1. The Labute approximate surface area is 77.2 Å². The van der Waals surface area contributed by atoms with Crippen molar-refractivity contribution in [3.63, 3.8) is 0 Å². The molecule has 1 rings (SSSR count). The lowest BCUT2D eigenvalue weighted by Crippen LogP contribution is -2.17. The van der Waals surface area contributed by atoms with Crippen LogP contribution in [0, 0.1) is 5.92 Å². The Kier molecular flexibility index (Phi) is 3.62. The van der Waals surface area contributed by atoms with E-state index in [2.05, 4.69) is 23.4 Å². The molecule has 0 spiro atoms. The fourth-order valence-corrected chi connectivity index (χ4v) is 1.87. The zero-order chi connectivity index (χ0) is 8.97. The van der Waals surface area contributed by atoms with Gasteiger partial charge in [-0.15, -0.1) is 5.10 Å². The summed E-state index contributed by atoms with van der Waals surface area (Å²) in [5.74, 6) is 0.525. The van der Waals surface area contributed by atoms with Crippen molar-refractivity contribution in [3.8, 4) is 0 Å². The summed E-state index contributed by atoms with van der Waals surface area (Å²) in [4.78, 5) is 1.09. The van der Waals surface area contributed by atoms with Crippen LogP contribution in [0.15, 0.2) is 6.20 Å². The molecule has 0 saturated heterocycles. The Bertz CT molecular complexity index is 210. The number of aromatic nitrogens is 2. The van der Waals surface area contributed by atoms with Gasteiger partial charge in [0, 0.05) is 6.04 Å². The van der Waals surface area contributed by atoms with Crippen molar-refractivity contribution in [2.24, 2.45) is 11.7 Å². The normalized spacial score (nSPS) is 15.9. The summed E-state index contributed by atoms with van der Waals surface area (Å²) in [7, 11) is 0. The molecule has 0 aromatic carbocycles. The topological polar surface area (TPSA) is 51.8 Å². The first-order valence-corrected chi connectivity index (χ1v) is 5.06. The number of hydrogen-bond donors (Lipinski definition) is 1. The van der Waals surface area contributed by atoms with Crippen LogP contribution in [-0.4, -0.2) is 9.59 Å². The summed E-state index contributed by atoms with van der Waals surface area (Å²) in [6.45, 7) is 4.35. The van der Waals surface area contributed by atoms with Crippen LogP contribution in [0.2, 0.25) is 0 Å². The molecule has 0 aliphatic heterocycles. The van der Waals surface area contributed by atoms with Crippen molar-refractivity contribution in [1.29, 1.82) is 0 Å². The number of rotatable bonds is 4. The van der Waals surface area contributed by atoms with Crippen LogP contribution in [0.5, 0.6) is 0 Å². The van der Waals surface area contributed by atoms with E-state index >= 15 is 0 Å². The van der Waals surface area contributed by atoms with Crippen LogP contribution in [0.4, 0.5) is 0 Å².